The molecule has 0 N–H and O–H groups in total. The first kappa shape index (κ1) is 21.3. The van der Waals surface area contributed by atoms with E-state index >= 15 is 0 Å². The van der Waals surface area contributed by atoms with Gasteiger partial charge in [-0.1, -0.05) is 24.8 Å². The number of thioether (sulfide) groups is 1. The molecule has 0 fully saturated rings. The summed E-state index contributed by atoms with van der Waals surface area (Å²) in [6, 6.07) is 9.93. The van der Waals surface area contributed by atoms with Gasteiger partial charge in [0.2, 0.25) is 0 Å². The number of ether oxygens (including phenoxy) is 3. The fourth-order valence-corrected chi connectivity index (χ4v) is 2.71. The van der Waals surface area contributed by atoms with Crippen molar-refractivity contribution in [1.29, 1.82) is 0 Å². The molecule has 0 aliphatic heterocycles. The van der Waals surface area contributed by atoms with E-state index in [0.717, 1.165) is 11.0 Å². The molecule has 6 heteroatoms. The summed E-state index contributed by atoms with van der Waals surface area (Å²) in [7, 11) is 0. The van der Waals surface area contributed by atoms with Crippen molar-refractivity contribution in [3.63, 3.8) is 0 Å². The second-order valence-electron chi connectivity index (χ2n) is 5.59. The Balaban J connectivity index is 2.39. The molecule has 1 aromatic carbocycles. The fourth-order valence-electron chi connectivity index (χ4n) is 1.81. The van der Waals surface area contributed by atoms with Gasteiger partial charge in [-0.15, -0.1) is 11.8 Å². The van der Waals surface area contributed by atoms with Gasteiger partial charge in [0.15, 0.2) is 0 Å². The van der Waals surface area contributed by atoms with Crippen LogP contribution in [0.5, 0.6) is 0 Å². The van der Waals surface area contributed by atoms with Crippen LogP contribution in [0.2, 0.25) is 0 Å². The maximum absolute atomic E-state index is 12.0. The van der Waals surface area contributed by atoms with E-state index in [4.69, 9.17) is 14.2 Å². The maximum Gasteiger partial charge on any atom is 0.330 e. The second-order valence-corrected chi connectivity index (χ2v) is 6.69. The van der Waals surface area contributed by atoms with E-state index in [-0.39, 0.29) is 31.2 Å². The van der Waals surface area contributed by atoms with Crippen LogP contribution in [0.4, 0.5) is 0 Å². The Bertz CT molecular complexity index is 530. The van der Waals surface area contributed by atoms with Crippen molar-refractivity contribution in [3.05, 3.63) is 43.0 Å². The maximum atomic E-state index is 12.0. The van der Waals surface area contributed by atoms with Gasteiger partial charge in [-0.2, -0.15) is 0 Å². The van der Waals surface area contributed by atoms with E-state index in [2.05, 4.69) is 6.58 Å². The number of rotatable bonds is 12. The number of carbonyl (C=O) groups is 2. The fraction of sp³-hybridized carbons (Fsp3) is 0.474. The van der Waals surface area contributed by atoms with E-state index in [0.29, 0.717) is 18.8 Å². The van der Waals surface area contributed by atoms with E-state index in [9.17, 15) is 9.59 Å². The van der Waals surface area contributed by atoms with Crippen LogP contribution in [0.1, 0.15) is 26.7 Å². The van der Waals surface area contributed by atoms with Crippen molar-refractivity contribution in [2.75, 3.05) is 19.0 Å². The minimum atomic E-state index is -0.490. The quantitative estimate of drug-likeness (QED) is 0.244. The molecule has 1 atom stereocenters. The van der Waals surface area contributed by atoms with Crippen LogP contribution in [-0.2, 0) is 23.8 Å². The Labute approximate surface area is 153 Å². The number of benzene rings is 1. The van der Waals surface area contributed by atoms with Gasteiger partial charge in [0.25, 0.3) is 0 Å². The standard InChI is InChI=1S/C19H26O5S/c1-4-18(20)22-12-8-11-19(21)24-16(13-23-15(2)3)14-25-17-9-6-5-7-10-17/h4-7,9-10,15-16H,1,8,11-14H2,2-3H3. The Morgan fingerprint density at radius 1 is 1.24 bits per heavy atom. The molecule has 138 valence electrons. The smallest absolute Gasteiger partial charge is 0.330 e. The van der Waals surface area contributed by atoms with Crippen molar-refractivity contribution in [2.45, 2.75) is 43.8 Å². The van der Waals surface area contributed by atoms with E-state index < -0.39 is 5.97 Å². The van der Waals surface area contributed by atoms with Crippen molar-refractivity contribution in [3.8, 4) is 0 Å². The highest BCUT2D eigenvalue weighted by Gasteiger charge is 2.16. The first-order valence-corrected chi connectivity index (χ1v) is 9.28. The minimum Gasteiger partial charge on any atom is -0.463 e. The van der Waals surface area contributed by atoms with E-state index in [1.54, 1.807) is 11.8 Å². The Hall–Kier alpha value is -1.79. The third-order valence-electron chi connectivity index (χ3n) is 3.03. The molecule has 1 unspecified atom stereocenters. The van der Waals surface area contributed by atoms with Gasteiger partial charge in [-0.3, -0.25) is 4.79 Å². The van der Waals surface area contributed by atoms with Crippen molar-refractivity contribution in [2.24, 2.45) is 0 Å². The molecule has 0 heterocycles. The molecule has 1 aromatic rings. The predicted molar refractivity (Wildman–Crippen MR) is 98.5 cm³/mol. The summed E-state index contributed by atoms with van der Waals surface area (Å²) in [5, 5.41) is 0. The number of esters is 2. The molecule has 0 aliphatic rings. The highest BCUT2D eigenvalue weighted by Crippen LogP contribution is 2.19. The normalized spacial score (nSPS) is 11.8. The van der Waals surface area contributed by atoms with Crippen LogP contribution in [0.15, 0.2) is 47.9 Å². The lowest BCUT2D eigenvalue weighted by atomic mass is 10.3. The zero-order chi connectivity index (χ0) is 18.5. The van der Waals surface area contributed by atoms with Gasteiger partial charge in [-0.25, -0.2) is 4.79 Å². The average molecular weight is 366 g/mol. The highest BCUT2D eigenvalue weighted by molar-refractivity contribution is 7.99. The minimum absolute atomic E-state index is 0.0706. The molecule has 1 rings (SSSR count). The first-order valence-electron chi connectivity index (χ1n) is 8.29. The molecule has 0 spiro atoms. The van der Waals surface area contributed by atoms with E-state index in [1.807, 2.05) is 44.2 Å². The lowest BCUT2D eigenvalue weighted by Crippen LogP contribution is -2.27. The molecule has 0 bridgehead atoms. The van der Waals surface area contributed by atoms with Crippen molar-refractivity contribution in [1.82, 2.24) is 0 Å². The Kier molecular flexibility index (Phi) is 10.7. The largest absolute Gasteiger partial charge is 0.463 e. The topological polar surface area (TPSA) is 61.8 Å². The predicted octanol–water partition coefficient (Wildman–Crippen LogP) is 3.62. The number of hydrogen-bond acceptors (Lipinski definition) is 6. The molecule has 0 saturated carbocycles. The van der Waals surface area contributed by atoms with Gasteiger partial charge >= 0.3 is 11.9 Å². The number of carbonyl (C=O) groups excluding carboxylic acids is 2. The van der Waals surface area contributed by atoms with Crippen molar-refractivity contribution < 1.29 is 23.8 Å². The monoisotopic (exact) mass is 366 g/mol. The number of hydrogen-bond donors (Lipinski definition) is 0. The molecule has 0 aliphatic carbocycles. The third-order valence-corrected chi connectivity index (χ3v) is 4.17. The lowest BCUT2D eigenvalue weighted by molar-refractivity contribution is -0.152. The van der Waals surface area contributed by atoms with Crippen molar-refractivity contribution >= 4 is 23.7 Å². The Morgan fingerprint density at radius 2 is 1.96 bits per heavy atom. The van der Waals surface area contributed by atoms with Gasteiger partial charge in [-0.05, 0) is 32.4 Å². The lowest BCUT2D eigenvalue weighted by Gasteiger charge is -2.19. The van der Waals surface area contributed by atoms with Gasteiger partial charge in [0, 0.05) is 23.1 Å². The van der Waals surface area contributed by atoms with Gasteiger partial charge in [0.1, 0.15) is 6.10 Å². The molecular formula is C19H26O5S. The summed E-state index contributed by atoms with van der Waals surface area (Å²) in [5.41, 5.74) is 0. The van der Waals surface area contributed by atoms with Crippen LogP contribution in [0.3, 0.4) is 0 Å². The average Bonchev–Trinajstić information content (AvgIpc) is 2.61. The summed E-state index contributed by atoms with van der Waals surface area (Å²) < 4.78 is 15.9. The Morgan fingerprint density at radius 3 is 2.60 bits per heavy atom. The van der Waals surface area contributed by atoms with Crippen LogP contribution < -0.4 is 0 Å². The molecule has 0 saturated heterocycles. The third kappa shape index (κ3) is 10.6. The molecule has 25 heavy (non-hydrogen) atoms. The SMILES string of the molecule is C=CC(=O)OCCCC(=O)OC(COC(C)C)CSc1ccccc1. The van der Waals surface area contributed by atoms with Gasteiger partial charge < -0.3 is 14.2 Å². The second kappa shape index (κ2) is 12.6. The van der Waals surface area contributed by atoms with Crippen LogP contribution in [0, 0.1) is 0 Å². The van der Waals surface area contributed by atoms with E-state index in [1.165, 1.54) is 0 Å². The zero-order valence-corrected chi connectivity index (χ0v) is 15.6. The summed E-state index contributed by atoms with van der Waals surface area (Å²) in [6.45, 7) is 7.72. The molecule has 0 amide bonds. The summed E-state index contributed by atoms with van der Waals surface area (Å²) in [5.74, 6) is -0.190. The first-order chi connectivity index (χ1) is 12.0. The molecule has 0 radical (unpaired) electrons. The molecule has 0 aromatic heterocycles. The van der Waals surface area contributed by atoms with Gasteiger partial charge in [0.05, 0.1) is 19.3 Å². The van der Waals surface area contributed by atoms with Crippen LogP contribution in [0.25, 0.3) is 0 Å². The molecular weight excluding hydrogens is 340 g/mol. The summed E-state index contributed by atoms with van der Waals surface area (Å²) in [6.07, 6.45) is 1.45. The van der Waals surface area contributed by atoms with Crippen LogP contribution >= 0.6 is 11.8 Å². The molecule has 5 nitrogen and oxygen atoms in total. The van der Waals surface area contributed by atoms with Crippen LogP contribution in [-0.4, -0.2) is 43.1 Å². The summed E-state index contributed by atoms with van der Waals surface area (Å²) in [4.78, 5) is 24.0. The zero-order valence-electron chi connectivity index (χ0n) is 14.8. The highest BCUT2D eigenvalue weighted by atomic mass is 32.2. The summed E-state index contributed by atoms with van der Waals surface area (Å²) >= 11 is 1.62.